The van der Waals surface area contributed by atoms with Crippen LogP contribution < -0.4 is 4.74 Å². The third kappa shape index (κ3) is 3.57. The van der Waals surface area contributed by atoms with E-state index in [0.29, 0.717) is 18.8 Å². The first kappa shape index (κ1) is 19.4. The van der Waals surface area contributed by atoms with Gasteiger partial charge in [0.25, 0.3) is 5.91 Å². The number of hydrogen-bond donors (Lipinski definition) is 0. The van der Waals surface area contributed by atoms with Gasteiger partial charge >= 0.3 is 0 Å². The van der Waals surface area contributed by atoms with Crippen molar-refractivity contribution in [2.45, 2.75) is 6.04 Å². The van der Waals surface area contributed by atoms with E-state index in [1.807, 2.05) is 41.3 Å². The Labute approximate surface area is 180 Å². The van der Waals surface area contributed by atoms with Gasteiger partial charge in [0, 0.05) is 25.8 Å². The molecule has 0 saturated carbocycles. The molecule has 0 radical (unpaired) electrons. The highest BCUT2D eigenvalue weighted by molar-refractivity contribution is 5.91. The molecule has 0 bridgehead atoms. The smallest absolute Gasteiger partial charge is 0.289 e. The van der Waals surface area contributed by atoms with Crippen LogP contribution in [0.5, 0.6) is 5.75 Å². The second-order valence-electron chi connectivity index (χ2n) is 7.76. The molecule has 5 rings (SSSR count). The van der Waals surface area contributed by atoms with Crippen LogP contribution in [0.1, 0.15) is 22.3 Å². The van der Waals surface area contributed by atoms with Gasteiger partial charge in [0.1, 0.15) is 11.4 Å². The Hall–Kier alpha value is -3.58. The van der Waals surface area contributed by atoms with Crippen LogP contribution in [0.4, 0.5) is 0 Å². The zero-order chi connectivity index (χ0) is 21.4. The van der Waals surface area contributed by atoms with Gasteiger partial charge in [-0.05, 0) is 61.1 Å². The Balaban J connectivity index is 1.47. The fraction of sp³-hybridized carbons (Fsp3) is 0.250. The number of ether oxygens (including phenoxy) is 1. The number of fused-ring (bicyclic) bond motifs is 1. The van der Waals surface area contributed by atoms with Gasteiger partial charge in [-0.2, -0.15) is 0 Å². The summed E-state index contributed by atoms with van der Waals surface area (Å²) < 4.78 is 12.7. The molecule has 1 aliphatic heterocycles. The van der Waals surface area contributed by atoms with Gasteiger partial charge in [0.05, 0.1) is 30.8 Å². The lowest BCUT2D eigenvalue weighted by Gasteiger charge is -2.38. The maximum Gasteiger partial charge on any atom is 0.289 e. The van der Waals surface area contributed by atoms with Crippen LogP contribution in [-0.2, 0) is 0 Å². The third-order valence-electron chi connectivity index (χ3n) is 5.91. The molecule has 158 valence electrons. The molecule has 31 heavy (non-hydrogen) atoms. The average molecular weight is 416 g/mol. The summed E-state index contributed by atoms with van der Waals surface area (Å²) >= 11 is 0. The summed E-state index contributed by atoms with van der Waals surface area (Å²) in [7, 11) is 3.74. The van der Waals surface area contributed by atoms with Crippen molar-refractivity contribution in [1.29, 1.82) is 0 Å². The standard InChI is InChI=1S/C24H24N4O3/c1-26-12-13-27(24(29)22-6-4-14-31-22)16-21(26)19-15-28-20(5-3-7-23(28)25-19)17-8-10-18(30-2)11-9-17/h3-11,14-15,21H,12-13,16H2,1-2H3/t21-/m1/s1. The number of aromatic nitrogens is 2. The molecule has 0 aliphatic carbocycles. The molecule has 4 heterocycles. The van der Waals surface area contributed by atoms with Gasteiger partial charge < -0.3 is 14.1 Å². The summed E-state index contributed by atoms with van der Waals surface area (Å²) in [5.41, 5.74) is 3.97. The van der Waals surface area contributed by atoms with Crippen molar-refractivity contribution in [2.75, 3.05) is 33.8 Å². The van der Waals surface area contributed by atoms with Crippen LogP contribution in [0, 0.1) is 0 Å². The maximum atomic E-state index is 12.8. The fourth-order valence-corrected chi connectivity index (χ4v) is 4.12. The number of benzene rings is 1. The van der Waals surface area contributed by atoms with Crippen LogP contribution in [0.15, 0.2) is 71.5 Å². The number of methoxy groups -OCH3 is 1. The van der Waals surface area contributed by atoms with E-state index in [1.54, 1.807) is 19.2 Å². The number of nitrogens with zero attached hydrogens (tertiary/aromatic N) is 4. The predicted molar refractivity (Wildman–Crippen MR) is 117 cm³/mol. The summed E-state index contributed by atoms with van der Waals surface area (Å²) in [5.74, 6) is 1.12. The number of hydrogen-bond acceptors (Lipinski definition) is 5. The molecule has 4 aromatic rings. The van der Waals surface area contributed by atoms with Crippen molar-refractivity contribution in [3.63, 3.8) is 0 Å². The van der Waals surface area contributed by atoms with Crippen molar-refractivity contribution >= 4 is 11.6 Å². The first-order valence-electron chi connectivity index (χ1n) is 10.3. The van der Waals surface area contributed by atoms with Crippen molar-refractivity contribution in [2.24, 2.45) is 0 Å². The number of carbonyl (C=O) groups is 1. The van der Waals surface area contributed by atoms with E-state index < -0.39 is 0 Å². The van der Waals surface area contributed by atoms with E-state index in [9.17, 15) is 4.79 Å². The molecular weight excluding hydrogens is 392 g/mol. The van der Waals surface area contributed by atoms with Crippen LogP contribution in [-0.4, -0.2) is 58.9 Å². The molecule has 1 fully saturated rings. The molecule has 1 saturated heterocycles. The fourth-order valence-electron chi connectivity index (χ4n) is 4.12. The molecule has 7 nitrogen and oxygen atoms in total. The number of imidazole rings is 1. The van der Waals surface area contributed by atoms with Gasteiger partial charge in [-0.25, -0.2) is 4.98 Å². The van der Waals surface area contributed by atoms with E-state index in [4.69, 9.17) is 14.1 Å². The van der Waals surface area contributed by atoms with Crippen molar-refractivity contribution in [1.82, 2.24) is 19.2 Å². The molecule has 0 spiro atoms. The lowest BCUT2D eigenvalue weighted by Crippen LogP contribution is -2.49. The molecule has 1 atom stereocenters. The number of piperazine rings is 1. The number of furan rings is 1. The topological polar surface area (TPSA) is 63.2 Å². The van der Waals surface area contributed by atoms with Gasteiger partial charge in [-0.3, -0.25) is 14.1 Å². The zero-order valence-electron chi connectivity index (χ0n) is 17.6. The van der Waals surface area contributed by atoms with E-state index in [-0.39, 0.29) is 11.9 Å². The van der Waals surface area contributed by atoms with E-state index in [0.717, 1.165) is 34.9 Å². The van der Waals surface area contributed by atoms with Crippen molar-refractivity contribution < 1.29 is 13.9 Å². The molecule has 0 N–H and O–H groups in total. The Bertz CT molecular complexity index is 1200. The summed E-state index contributed by atoms with van der Waals surface area (Å²) in [5, 5.41) is 0. The maximum absolute atomic E-state index is 12.8. The third-order valence-corrected chi connectivity index (χ3v) is 5.91. The Morgan fingerprint density at radius 3 is 2.68 bits per heavy atom. The van der Waals surface area contributed by atoms with Crippen LogP contribution in [0.25, 0.3) is 16.9 Å². The van der Waals surface area contributed by atoms with Gasteiger partial charge in [-0.1, -0.05) is 6.07 Å². The monoisotopic (exact) mass is 416 g/mol. The lowest BCUT2D eigenvalue weighted by atomic mass is 10.1. The van der Waals surface area contributed by atoms with E-state index in [1.165, 1.54) is 6.26 Å². The molecule has 7 heteroatoms. The first-order valence-corrected chi connectivity index (χ1v) is 10.3. The van der Waals surface area contributed by atoms with Gasteiger partial charge in [-0.15, -0.1) is 0 Å². The number of carbonyl (C=O) groups excluding carboxylic acids is 1. The molecule has 1 aromatic carbocycles. The molecule has 0 unspecified atom stereocenters. The SMILES string of the molecule is COc1ccc(-c2cccc3nc([C@H]4CN(C(=O)c5ccco5)CCN4C)cn23)cc1. The molecule has 1 amide bonds. The number of amides is 1. The zero-order valence-corrected chi connectivity index (χ0v) is 17.6. The predicted octanol–water partition coefficient (Wildman–Crippen LogP) is 3.73. The minimum absolute atomic E-state index is 0.0104. The summed E-state index contributed by atoms with van der Waals surface area (Å²) in [6, 6.07) is 17.6. The minimum Gasteiger partial charge on any atom is -0.497 e. The summed E-state index contributed by atoms with van der Waals surface area (Å²) in [4.78, 5) is 21.8. The quantitative estimate of drug-likeness (QED) is 0.507. The highest BCUT2D eigenvalue weighted by atomic mass is 16.5. The molecule has 1 aliphatic rings. The second kappa shape index (κ2) is 7.92. The Kier molecular flexibility index (Phi) is 4.95. The lowest BCUT2D eigenvalue weighted by molar-refractivity contribution is 0.0512. The summed E-state index contributed by atoms with van der Waals surface area (Å²) in [6.07, 6.45) is 3.61. The van der Waals surface area contributed by atoms with E-state index >= 15 is 0 Å². The van der Waals surface area contributed by atoms with Gasteiger partial charge in [0.15, 0.2) is 5.76 Å². The first-order chi connectivity index (χ1) is 15.1. The minimum atomic E-state index is -0.0780. The average Bonchev–Trinajstić information content (AvgIpc) is 3.49. The van der Waals surface area contributed by atoms with Crippen LogP contribution in [0.2, 0.25) is 0 Å². The largest absolute Gasteiger partial charge is 0.497 e. The number of pyridine rings is 1. The van der Waals surface area contributed by atoms with Crippen molar-refractivity contribution in [3.05, 3.63) is 78.5 Å². The van der Waals surface area contributed by atoms with Crippen LogP contribution >= 0.6 is 0 Å². The molecule has 3 aromatic heterocycles. The Morgan fingerprint density at radius 1 is 1.10 bits per heavy atom. The normalized spacial score (nSPS) is 17.2. The van der Waals surface area contributed by atoms with Gasteiger partial charge in [0.2, 0.25) is 0 Å². The highest BCUT2D eigenvalue weighted by Gasteiger charge is 2.31. The van der Waals surface area contributed by atoms with Crippen molar-refractivity contribution in [3.8, 4) is 17.0 Å². The van der Waals surface area contributed by atoms with Crippen LogP contribution in [0.3, 0.4) is 0 Å². The highest BCUT2D eigenvalue weighted by Crippen LogP contribution is 2.28. The number of rotatable bonds is 4. The summed E-state index contributed by atoms with van der Waals surface area (Å²) in [6.45, 7) is 2.01. The van der Waals surface area contributed by atoms with E-state index in [2.05, 4.69) is 28.6 Å². The number of likely N-dealkylation sites (N-methyl/N-ethyl adjacent to an activating group) is 1. The molecular formula is C24H24N4O3. The second-order valence-corrected chi connectivity index (χ2v) is 7.76. The Morgan fingerprint density at radius 2 is 1.94 bits per heavy atom.